The molecule has 1 N–H and O–H groups in total. The minimum absolute atomic E-state index is 0.259. The Kier molecular flexibility index (Phi) is 7.98. The number of hydrogen-bond acceptors (Lipinski definition) is 2. The average Bonchev–Trinajstić information content (AvgIpc) is 3.47. The summed E-state index contributed by atoms with van der Waals surface area (Å²) in [6.07, 6.45) is 14.3. The summed E-state index contributed by atoms with van der Waals surface area (Å²) >= 11 is 6.21. The molecule has 0 saturated heterocycles. The molecule has 1 unspecified atom stereocenters. The minimum Gasteiger partial charge on any atom is -0.481 e. The molecule has 3 aliphatic rings. The Morgan fingerprint density at radius 1 is 0.968 bits per heavy atom. The normalized spacial score (nSPS) is 28.9. The molecular formula is C27H40ClNO2. The zero-order valence-corrected chi connectivity index (χ0v) is 19.9. The third-order valence-corrected chi connectivity index (χ3v) is 8.91. The first kappa shape index (κ1) is 23.1. The van der Waals surface area contributed by atoms with E-state index in [1.165, 1.54) is 70.0 Å². The summed E-state index contributed by atoms with van der Waals surface area (Å²) in [7, 11) is 0. The van der Waals surface area contributed by atoms with Crippen molar-refractivity contribution in [3.05, 3.63) is 34.9 Å². The van der Waals surface area contributed by atoms with Crippen LogP contribution in [0.5, 0.6) is 0 Å². The van der Waals surface area contributed by atoms with Crippen molar-refractivity contribution in [1.29, 1.82) is 0 Å². The fraction of sp³-hybridized carbons (Fsp3) is 0.741. The van der Waals surface area contributed by atoms with Crippen LogP contribution in [0.4, 0.5) is 0 Å². The van der Waals surface area contributed by atoms with Crippen molar-refractivity contribution in [2.75, 3.05) is 13.1 Å². The van der Waals surface area contributed by atoms with Crippen molar-refractivity contribution < 1.29 is 9.90 Å². The molecule has 3 aliphatic carbocycles. The molecule has 0 spiro atoms. The van der Waals surface area contributed by atoms with Crippen molar-refractivity contribution in [2.45, 2.75) is 89.5 Å². The molecule has 31 heavy (non-hydrogen) atoms. The number of benzene rings is 1. The summed E-state index contributed by atoms with van der Waals surface area (Å²) in [6, 6.07) is 8.93. The average molecular weight is 446 g/mol. The van der Waals surface area contributed by atoms with Gasteiger partial charge in [-0.05, 0) is 86.3 Å². The van der Waals surface area contributed by atoms with Gasteiger partial charge in [0.15, 0.2) is 0 Å². The second-order valence-electron chi connectivity index (χ2n) is 10.7. The maximum atomic E-state index is 11.7. The van der Waals surface area contributed by atoms with Gasteiger partial charge in [0, 0.05) is 24.2 Å². The predicted octanol–water partition coefficient (Wildman–Crippen LogP) is 7.00. The van der Waals surface area contributed by atoms with Crippen molar-refractivity contribution in [3.8, 4) is 0 Å². The zero-order valence-electron chi connectivity index (χ0n) is 19.1. The molecule has 0 aliphatic heterocycles. The molecule has 172 valence electrons. The van der Waals surface area contributed by atoms with Crippen molar-refractivity contribution in [1.82, 2.24) is 4.90 Å². The highest BCUT2D eigenvalue weighted by molar-refractivity contribution is 6.30. The summed E-state index contributed by atoms with van der Waals surface area (Å²) < 4.78 is 0. The lowest BCUT2D eigenvalue weighted by Gasteiger charge is -2.45. The summed E-state index contributed by atoms with van der Waals surface area (Å²) in [5, 5.41) is 10.4. The van der Waals surface area contributed by atoms with Gasteiger partial charge in [0.2, 0.25) is 0 Å². The quantitative estimate of drug-likeness (QED) is 0.468. The second kappa shape index (κ2) is 10.7. The number of halogens is 1. The molecule has 0 aromatic heterocycles. The number of rotatable bonds is 8. The van der Waals surface area contributed by atoms with Crippen LogP contribution in [-0.4, -0.2) is 35.1 Å². The van der Waals surface area contributed by atoms with Crippen molar-refractivity contribution in [2.24, 2.45) is 23.7 Å². The van der Waals surface area contributed by atoms with Crippen LogP contribution in [0, 0.1) is 23.7 Å². The second-order valence-corrected chi connectivity index (χ2v) is 11.1. The van der Waals surface area contributed by atoms with Crippen LogP contribution in [0.3, 0.4) is 0 Å². The Hall–Kier alpha value is -1.06. The molecule has 3 saturated carbocycles. The molecule has 1 aromatic rings. The first-order valence-electron chi connectivity index (χ1n) is 12.7. The molecule has 1 aromatic carbocycles. The Balaban J connectivity index is 1.58. The van der Waals surface area contributed by atoms with E-state index in [2.05, 4.69) is 17.0 Å². The van der Waals surface area contributed by atoms with Gasteiger partial charge in [0.1, 0.15) is 0 Å². The molecule has 3 fully saturated rings. The van der Waals surface area contributed by atoms with Crippen molar-refractivity contribution in [3.63, 3.8) is 0 Å². The van der Waals surface area contributed by atoms with Gasteiger partial charge in [-0.2, -0.15) is 0 Å². The van der Waals surface area contributed by atoms with E-state index in [1.54, 1.807) is 0 Å². The Morgan fingerprint density at radius 2 is 1.52 bits per heavy atom. The molecular weight excluding hydrogens is 406 g/mol. The van der Waals surface area contributed by atoms with E-state index in [0.29, 0.717) is 12.0 Å². The van der Waals surface area contributed by atoms with E-state index < -0.39 is 5.97 Å². The molecule has 4 heteroatoms. The van der Waals surface area contributed by atoms with Gasteiger partial charge in [-0.1, -0.05) is 56.3 Å². The summed E-state index contributed by atoms with van der Waals surface area (Å²) in [4.78, 5) is 14.6. The monoisotopic (exact) mass is 445 g/mol. The van der Waals surface area contributed by atoms with E-state index in [4.69, 9.17) is 11.6 Å². The van der Waals surface area contributed by atoms with Crippen LogP contribution in [0.2, 0.25) is 5.02 Å². The number of carbonyl (C=O) groups is 1. The molecule has 4 rings (SSSR count). The van der Waals surface area contributed by atoms with Gasteiger partial charge >= 0.3 is 5.97 Å². The number of carboxylic acid groups (broad SMARTS) is 1. The van der Waals surface area contributed by atoms with Gasteiger partial charge in [-0.3, -0.25) is 9.69 Å². The van der Waals surface area contributed by atoms with Crippen LogP contribution in [0.1, 0.15) is 89.0 Å². The van der Waals surface area contributed by atoms with Crippen LogP contribution in [0.25, 0.3) is 0 Å². The van der Waals surface area contributed by atoms with Crippen molar-refractivity contribution >= 4 is 17.6 Å². The third-order valence-electron chi connectivity index (χ3n) is 8.65. The standard InChI is InChI=1S/C27H40ClNO2/c1-19(27(30)31)23-12-15-26(25(16-23)22-10-13-24(28)14-11-22)29(17-20-6-2-3-7-20)18-21-8-4-5-9-21/h10-11,13-14,19-21,23,25-26H,2-9,12,15-18H2,1H3,(H,30,31)/t19?,23-,25+,26-/m1/s1. The van der Waals surface area contributed by atoms with Gasteiger partial charge in [-0.25, -0.2) is 0 Å². The van der Waals surface area contributed by atoms with Crippen LogP contribution >= 0.6 is 11.6 Å². The number of carboxylic acids is 1. The fourth-order valence-electron chi connectivity index (χ4n) is 6.74. The lowest BCUT2D eigenvalue weighted by Crippen LogP contribution is -2.47. The van der Waals surface area contributed by atoms with Gasteiger partial charge in [-0.15, -0.1) is 0 Å². The topological polar surface area (TPSA) is 40.5 Å². The predicted molar refractivity (Wildman–Crippen MR) is 128 cm³/mol. The number of aliphatic carboxylic acids is 1. The molecule has 3 nitrogen and oxygen atoms in total. The number of nitrogens with zero attached hydrogens (tertiary/aromatic N) is 1. The van der Waals surface area contributed by atoms with E-state index >= 15 is 0 Å². The Morgan fingerprint density at radius 3 is 2.03 bits per heavy atom. The Labute approximate surface area is 193 Å². The third kappa shape index (κ3) is 5.85. The van der Waals surface area contributed by atoms with Gasteiger partial charge < -0.3 is 5.11 Å². The summed E-state index contributed by atoms with van der Waals surface area (Å²) in [5.41, 5.74) is 1.35. The highest BCUT2D eigenvalue weighted by Crippen LogP contribution is 2.43. The van der Waals surface area contributed by atoms with E-state index in [9.17, 15) is 9.90 Å². The first-order valence-corrected chi connectivity index (χ1v) is 13.1. The van der Waals surface area contributed by atoms with E-state index in [1.807, 2.05) is 19.1 Å². The highest BCUT2D eigenvalue weighted by Gasteiger charge is 2.39. The van der Waals surface area contributed by atoms with E-state index in [0.717, 1.165) is 36.1 Å². The first-order chi connectivity index (χ1) is 15.0. The maximum Gasteiger partial charge on any atom is 0.306 e. The summed E-state index contributed by atoms with van der Waals surface area (Å²) in [6.45, 7) is 4.38. The van der Waals surface area contributed by atoms with Crippen LogP contribution < -0.4 is 0 Å². The van der Waals surface area contributed by atoms with Crippen LogP contribution in [0.15, 0.2) is 24.3 Å². The SMILES string of the molecule is CC(C(=O)O)[C@@H]1CC[C@@H](N(CC2CCCC2)CC2CCCC2)[C@H](c2ccc(Cl)cc2)C1. The Bertz CT molecular complexity index is 690. The summed E-state index contributed by atoms with van der Waals surface area (Å²) in [5.74, 6) is 1.45. The number of hydrogen-bond donors (Lipinski definition) is 1. The molecule has 0 amide bonds. The zero-order chi connectivity index (χ0) is 21.8. The van der Waals surface area contributed by atoms with Gasteiger partial charge in [0.05, 0.1) is 5.92 Å². The lowest BCUT2D eigenvalue weighted by atomic mass is 9.70. The molecule has 0 radical (unpaired) electrons. The molecule has 0 heterocycles. The smallest absolute Gasteiger partial charge is 0.306 e. The van der Waals surface area contributed by atoms with Crippen LogP contribution in [-0.2, 0) is 4.79 Å². The van der Waals surface area contributed by atoms with E-state index in [-0.39, 0.29) is 11.8 Å². The molecule has 4 atom stereocenters. The lowest BCUT2D eigenvalue weighted by molar-refractivity contribution is -0.143. The fourth-order valence-corrected chi connectivity index (χ4v) is 6.87. The van der Waals surface area contributed by atoms with Gasteiger partial charge in [0.25, 0.3) is 0 Å². The molecule has 0 bridgehead atoms. The largest absolute Gasteiger partial charge is 0.481 e. The maximum absolute atomic E-state index is 11.7. The minimum atomic E-state index is -0.646. The highest BCUT2D eigenvalue weighted by atomic mass is 35.5.